The predicted molar refractivity (Wildman–Crippen MR) is 135 cm³/mol. The number of aryl methyl sites for hydroxylation is 2. The van der Waals surface area contributed by atoms with Gasteiger partial charge in [0.1, 0.15) is 12.4 Å². The van der Waals surface area contributed by atoms with Crippen LogP contribution in [-0.4, -0.2) is 44.5 Å². The fraction of sp³-hybridized carbons (Fsp3) is 0.308. The van der Waals surface area contributed by atoms with Crippen molar-refractivity contribution in [2.24, 2.45) is 0 Å². The quantitative estimate of drug-likeness (QED) is 0.437. The Balaban J connectivity index is 1.43. The van der Waals surface area contributed by atoms with Crippen molar-refractivity contribution in [3.63, 3.8) is 0 Å². The van der Waals surface area contributed by atoms with Crippen LogP contribution in [0, 0.1) is 13.8 Å². The molecule has 3 aromatic rings. The zero-order valence-electron chi connectivity index (χ0n) is 20.0. The summed E-state index contributed by atoms with van der Waals surface area (Å²) in [5, 5.41) is 7.44. The molecule has 1 fully saturated rings. The Morgan fingerprint density at radius 2 is 1.97 bits per heavy atom. The molecule has 184 valence electrons. The van der Waals surface area contributed by atoms with Crippen LogP contribution in [0.4, 0.5) is 11.4 Å². The van der Waals surface area contributed by atoms with Gasteiger partial charge in [-0.05, 0) is 55.8 Å². The van der Waals surface area contributed by atoms with Gasteiger partial charge in [-0.1, -0.05) is 22.8 Å². The molecule has 0 radical (unpaired) electrons. The molecular formula is C26H28ClN3O5. The van der Waals surface area contributed by atoms with E-state index in [2.05, 4.69) is 15.4 Å². The lowest BCUT2D eigenvalue weighted by molar-refractivity contribution is -0.111. The smallest absolute Gasteiger partial charge is 0.248 e. The molecule has 35 heavy (non-hydrogen) atoms. The molecule has 0 aliphatic carbocycles. The molecule has 0 atom stereocenters. The van der Waals surface area contributed by atoms with Gasteiger partial charge in [0, 0.05) is 24.2 Å². The monoisotopic (exact) mass is 497 g/mol. The third-order valence-corrected chi connectivity index (χ3v) is 5.97. The van der Waals surface area contributed by atoms with Crippen LogP contribution in [0.15, 0.2) is 47.0 Å². The second-order valence-electron chi connectivity index (χ2n) is 8.09. The van der Waals surface area contributed by atoms with Crippen LogP contribution in [0.2, 0.25) is 5.02 Å². The van der Waals surface area contributed by atoms with E-state index in [0.717, 1.165) is 41.4 Å². The van der Waals surface area contributed by atoms with Crippen molar-refractivity contribution in [3.05, 3.63) is 70.1 Å². The number of rotatable bonds is 8. The third-order valence-electron chi connectivity index (χ3n) is 5.74. The molecule has 0 bridgehead atoms. The summed E-state index contributed by atoms with van der Waals surface area (Å²) in [5.41, 5.74) is 4.07. The SMILES string of the molecule is COc1cc(/C=C/C(=O)Nc2cc(Cl)ccc2N2CCOCC2)ccc1OCc1c(C)noc1C. The normalized spacial score (nSPS) is 13.8. The zero-order chi connectivity index (χ0) is 24.8. The number of anilines is 2. The Labute approximate surface area is 209 Å². The molecule has 0 spiro atoms. The first-order valence-electron chi connectivity index (χ1n) is 11.3. The number of amides is 1. The molecule has 9 heteroatoms. The predicted octanol–water partition coefficient (Wildman–Crippen LogP) is 5.02. The highest BCUT2D eigenvalue weighted by Crippen LogP contribution is 2.31. The van der Waals surface area contributed by atoms with E-state index in [0.29, 0.717) is 42.0 Å². The highest BCUT2D eigenvalue weighted by molar-refractivity contribution is 6.31. The fourth-order valence-electron chi connectivity index (χ4n) is 3.80. The maximum atomic E-state index is 12.7. The van der Waals surface area contributed by atoms with Crippen molar-refractivity contribution in [1.29, 1.82) is 0 Å². The Morgan fingerprint density at radius 3 is 2.69 bits per heavy atom. The average molecular weight is 498 g/mol. The van der Waals surface area contributed by atoms with Crippen molar-refractivity contribution < 1.29 is 23.5 Å². The highest BCUT2D eigenvalue weighted by Gasteiger charge is 2.16. The lowest BCUT2D eigenvalue weighted by atomic mass is 10.1. The van der Waals surface area contributed by atoms with E-state index in [1.165, 1.54) is 6.08 Å². The maximum absolute atomic E-state index is 12.7. The molecule has 1 N–H and O–H groups in total. The van der Waals surface area contributed by atoms with E-state index < -0.39 is 0 Å². The third kappa shape index (κ3) is 6.15. The summed E-state index contributed by atoms with van der Waals surface area (Å²) in [4.78, 5) is 14.9. The maximum Gasteiger partial charge on any atom is 0.248 e. The summed E-state index contributed by atoms with van der Waals surface area (Å²) in [6.45, 7) is 6.85. The largest absolute Gasteiger partial charge is 0.493 e. The number of benzene rings is 2. The molecule has 0 unspecified atom stereocenters. The number of hydrogen-bond acceptors (Lipinski definition) is 7. The van der Waals surface area contributed by atoms with Crippen molar-refractivity contribution in [2.75, 3.05) is 43.6 Å². The molecule has 8 nitrogen and oxygen atoms in total. The summed E-state index contributed by atoms with van der Waals surface area (Å²) >= 11 is 6.19. The second kappa shape index (κ2) is 11.3. The van der Waals surface area contributed by atoms with Crippen molar-refractivity contribution in [2.45, 2.75) is 20.5 Å². The summed E-state index contributed by atoms with van der Waals surface area (Å²) in [5.74, 6) is 1.61. The van der Waals surface area contributed by atoms with E-state index in [1.54, 1.807) is 19.3 Å². The number of ether oxygens (including phenoxy) is 3. The molecule has 4 rings (SSSR count). The summed E-state index contributed by atoms with van der Waals surface area (Å²) in [7, 11) is 1.57. The van der Waals surface area contributed by atoms with Crippen molar-refractivity contribution in [1.82, 2.24) is 5.16 Å². The first-order valence-corrected chi connectivity index (χ1v) is 11.7. The van der Waals surface area contributed by atoms with Gasteiger partial charge in [0.15, 0.2) is 11.5 Å². The Kier molecular flexibility index (Phi) is 7.94. The van der Waals surface area contributed by atoms with Gasteiger partial charge in [-0.25, -0.2) is 0 Å². The summed E-state index contributed by atoms with van der Waals surface area (Å²) in [6, 6.07) is 11.0. The van der Waals surface area contributed by atoms with Gasteiger partial charge < -0.3 is 29.0 Å². The number of carbonyl (C=O) groups is 1. The second-order valence-corrected chi connectivity index (χ2v) is 8.52. The van der Waals surface area contributed by atoms with E-state index >= 15 is 0 Å². The summed E-state index contributed by atoms with van der Waals surface area (Å²) in [6.07, 6.45) is 3.19. The summed E-state index contributed by atoms with van der Waals surface area (Å²) < 4.78 is 22.0. The van der Waals surface area contributed by atoms with Crippen LogP contribution in [0.25, 0.3) is 6.08 Å². The number of carbonyl (C=O) groups excluding carboxylic acids is 1. The molecule has 0 saturated carbocycles. The van der Waals surface area contributed by atoms with Crippen LogP contribution in [-0.2, 0) is 16.1 Å². The van der Waals surface area contributed by atoms with E-state index in [9.17, 15) is 4.79 Å². The zero-order valence-corrected chi connectivity index (χ0v) is 20.7. The number of nitrogens with one attached hydrogen (secondary N) is 1. The van der Waals surface area contributed by atoms with Gasteiger partial charge in [0.2, 0.25) is 5.91 Å². The first-order chi connectivity index (χ1) is 16.9. The molecule has 2 heterocycles. The van der Waals surface area contributed by atoms with Crippen molar-refractivity contribution in [3.8, 4) is 11.5 Å². The molecule has 1 aromatic heterocycles. The molecule has 2 aromatic carbocycles. The lowest BCUT2D eigenvalue weighted by Gasteiger charge is -2.30. The minimum absolute atomic E-state index is 0.264. The van der Waals surface area contributed by atoms with Crippen LogP contribution < -0.4 is 19.7 Å². The Hall–Kier alpha value is -3.49. The van der Waals surface area contributed by atoms with Crippen LogP contribution in [0.5, 0.6) is 11.5 Å². The lowest BCUT2D eigenvalue weighted by Crippen LogP contribution is -2.36. The number of aromatic nitrogens is 1. The molecule has 1 aliphatic heterocycles. The van der Waals surface area contributed by atoms with Crippen molar-refractivity contribution >= 4 is 35.0 Å². The molecule has 1 aliphatic rings. The first kappa shape index (κ1) is 24.6. The minimum atomic E-state index is -0.264. The Morgan fingerprint density at radius 1 is 1.17 bits per heavy atom. The van der Waals surface area contributed by atoms with Crippen LogP contribution >= 0.6 is 11.6 Å². The number of morpholine rings is 1. The number of hydrogen-bond donors (Lipinski definition) is 1. The Bertz CT molecular complexity index is 1200. The van der Waals surface area contributed by atoms with Gasteiger partial charge in [-0.2, -0.15) is 0 Å². The standard InChI is InChI=1S/C26H28ClN3O5/c1-17-21(18(2)35-29-17)16-34-24-8-4-19(14-25(24)32-3)5-9-26(31)28-22-15-20(27)6-7-23(22)30-10-12-33-13-11-30/h4-9,14-15H,10-13,16H2,1-3H3,(H,28,31)/b9-5+. The topological polar surface area (TPSA) is 86.1 Å². The van der Waals surface area contributed by atoms with Gasteiger partial charge in [0.25, 0.3) is 0 Å². The molecule has 1 amide bonds. The van der Waals surface area contributed by atoms with Gasteiger partial charge in [-0.15, -0.1) is 0 Å². The van der Waals surface area contributed by atoms with Gasteiger partial charge >= 0.3 is 0 Å². The number of halogens is 1. The van der Waals surface area contributed by atoms with E-state index in [1.807, 2.05) is 44.2 Å². The van der Waals surface area contributed by atoms with E-state index in [4.69, 9.17) is 30.3 Å². The van der Waals surface area contributed by atoms with Crippen LogP contribution in [0.3, 0.4) is 0 Å². The number of nitrogens with zero attached hydrogens (tertiary/aromatic N) is 2. The number of methoxy groups -OCH3 is 1. The molecule has 1 saturated heterocycles. The average Bonchev–Trinajstić information content (AvgIpc) is 3.19. The van der Waals surface area contributed by atoms with Gasteiger partial charge in [0.05, 0.1) is 43.0 Å². The van der Waals surface area contributed by atoms with E-state index in [-0.39, 0.29) is 5.91 Å². The van der Waals surface area contributed by atoms with Crippen LogP contribution in [0.1, 0.15) is 22.6 Å². The minimum Gasteiger partial charge on any atom is -0.493 e. The molecular weight excluding hydrogens is 470 g/mol. The highest BCUT2D eigenvalue weighted by atomic mass is 35.5. The van der Waals surface area contributed by atoms with Gasteiger partial charge in [-0.3, -0.25) is 4.79 Å². The fourth-order valence-corrected chi connectivity index (χ4v) is 3.97.